The van der Waals surface area contributed by atoms with Crippen molar-refractivity contribution in [1.29, 1.82) is 0 Å². The van der Waals surface area contributed by atoms with E-state index in [1.54, 1.807) is 0 Å². The van der Waals surface area contributed by atoms with Crippen LogP contribution in [0.3, 0.4) is 0 Å². The number of halogens is 1. The Morgan fingerprint density at radius 1 is 1.48 bits per heavy atom. The lowest BCUT2D eigenvalue weighted by molar-refractivity contribution is -0.120. The zero-order valence-corrected chi connectivity index (χ0v) is 14.1. The number of hydrogen-bond donors (Lipinski definition) is 0. The van der Waals surface area contributed by atoms with E-state index in [1.807, 2.05) is 18.2 Å². The van der Waals surface area contributed by atoms with Gasteiger partial charge in [0.05, 0.1) is 0 Å². The van der Waals surface area contributed by atoms with Crippen molar-refractivity contribution in [2.24, 2.45) is 11.3 Å². The number of carbonyl (C=O) groups excluding carboxylic acids is 1. The van der Waals surface area contributed by atoms with Crippen LogP contribution in [0.5, 0.6) is 0 Å². The van der Waals surface area contributed by atoms with Crippen LogP contribution < -0.4 is 0 Å². The SMILES string of the molecule is CC1CCCC(C=O)(CN(C)C(C)c2ccccc2Cl)C1. The van der Waals surface area contributed by atoms with Gasteiger partial charge in [0, 0.05) is 23.0 Å². The highest BCUT2D eigenvalue weighted by molar-refractivity contribution is 6.31. The summed E-state index contributed by atoms with van der Waals surface area (Å²) in [6.45, 7) is 5.23. The van der Waals surface area contributed by atoms with Gasteiger partial charge in [-0.05, 0) is 44.4 Å². The van der Waals surface area contributed by atoms with Gasteiger partial charge < -0.3 is 4.79 Å². The van der Waals surface area contributed by atoms with Gasteiger partial charge in [0.15, 0.2) is 0 Å². The smallest absolute Gasteiger partial charge is 0.127 e. The maximum atomic E-state index is 11.7. The zero-order valence-electron chi connectivity index (χ0n) is 13.3. The minimum atomic E-state index is -0.179. The molecule has 3 atom stereocenters. The van der Waals surface area contributed by atoms with Crippen LogP contribution in [0.2, 0.25) is 5.02 Å². The van der Waals surface area contributed by atoms with Crippen molar-refractivity contribution < 1.29 is 4.79 Å². The second kappa shape index (κ2) is 6.93. The van der Waals surface area contributed by atoms with Gasteiger partial charge >= 0.3 is 0 Å². The lowest BCUT2D eigenvalue weighted by atomic mass is 9.70. The Morgan fingerprint density at radius 2 is 2.19 bits per heavy atom. The molecule has 0 N–H and O–H groups in total. The third-order valence-electron chi connectivity index (χ3n) is 4.96. The quantitative estimate of drug-likeness (QED) is 0.733. The van der Waals surface area contributed by atoms with Gasteiger partial charge in [-0.15, -0.1) is 0 Å². The average Bonchev–Trinajstić information content (AvgIpc) is 2.47. The number of aldehydes is 1. The molecule has 0 saturated heterocycles. The summed E-state index contributed by atoms with van der Waals surface area (Å²) in [7, 11) is 2.10. The van der Waals surface area contributed by atoms with Gasteiger partial charge in [-0.2, -0.15) is 0 Å². The summed E-state index contributed by atoms with van der Waals surface area (Å²) in [5.41, 5.74) is 0.952. The molecule has 2 rings (SSSR count). The highest BCUT2D eigenvalue weighted by atomic mass is 35.5. The minimum Gasteiger partial charge on any atom is -0.303 e. The maximum Gasteiger partial charge on any atom is 0.127 e. The normalized spacial score (nSPS) is 27.6. The molecule has 0 spiro atoms. The maximum absolute atomic E-state index is 11.7. The Balaban J connectivity index is 2.10. The molecule has 1 saturated carbocycles. The van der Waals surface area contributed by atoms with E-state index in [9.17, 15) is 4.79 Å². The van der Waals surface area contributed by atoms with E-state index in [0.29, 0.717) is 5.92 Å². The first kappa shape index (κ1) is 16.5. The van der Waals surface area contributed by atoms with Gasteiger partial charge in [-0.25, -0.2) is 0 Å². The fourth-order valence-electron chi connectivity index (χ4n) is 3.67. The van der Waals surface area contributed by atoms with E-state index >= 15 is 0 Å². The molecule has 2 nitrogen and oxygen atoms in total. The van der Waals surface area contributed by atoms with Gasteiger partial charge in [0.25, 0.3) is 0 Å². The van der Waals surface area contributed by atoms with Crippen LogP contribution in [-0.2, 0) is 4.79 Å². The van der Waals surface area contributed by atoms with Crippen LogP contribution >= 0.6 is 11.6 Å². The Hall–Kier alpha value is -0.860. The van der Waals surface area contributed by atoms with Crippen molar-refractivity contribution in [1.82, 2.24) is 4.90 Å². The number of benzene rings is 1. The summed E-state index contributed by atoms with van der Waals surface area (Å²) in [5.74, 6) is 0.646. The fourth-order valence-corrected chi connectivity index (χ4v) is 3.97. The van der Waals surface area contributed by atoms with Crippen molar-refractivity contribution in [2.75, 3.05) is 13.6 Å². The molecular formula is C18H26ClNO. The van der Waals surface area contributed by atoms with Crippen LogP contribution in [0.1, 0.15) is 51.1 Å². The predicted molar refractivity (Wildman–Crippen MR) is 88.6 cm³/mol. The van der Waals surface area contributed by atoms with Crippen molar-refractivity contribution in [3.63, 3.8) is 0 Å². The number of rotatable bonds is 5. The number of carbonyl (C=O) groups is 1. The van der Waals surface area contributed by atoms with Crippen molar-refractivity contribution in [3.8, 4) is 0 Å². The molecule has 3 unspecified atom stereocenters. The van der Waals surface area contributed by atoms with E-state index in [1.165, 1.54) is 12.7 Å². The van der Waals surface area contributed by atoms with Gasteiger partial charge in [0.2, 0.25) is 0 Å². The summed E-state index contributed by atoms with van der Waals surface area (Å²) >= 11 is 6.30. The second-order valence-corrected chi connectivity index (χ2v) is 7.20. The number of nitrogens with zero attached hydrogens (tertiary/aromatic N) is 1. The Bertz CT molecular complexity index is 490. The third kappa shape index (κ3) is 3.87. The molecule has 1 fully saturated rings. The van der Waals surface area contributed by atoms with Crippen LogP contribution in [0.25, 0.3) is 0 Å². The monoisotopic (exact) mass is 307 g/mol. The summed E-state index contributed by atoms with van der Waals surface area (Å²) < 4.78 is 0. The molecule has 0 aliphatic heterocycles. The van der Waals surface area contributed by atoms with Crippen LogP contribution in [0, 0.1) is 11.3 Å². The first-order valence-corrected chi connectivity index (χ1v) is 8.26. The van der Waals surface area contributed by atoms with E-state index in [-0.39, 0.29) is 11.5 Å². The summed E-state index contributed by atoms with van der Waals surface area (Å²) in [6.07, 6.45) is 5.64. The topological polar surface area (TPSA) is 20.3 Å². The van der Waals surface area contributed by atoms with Gasteiger partial charge in [0.1, 0.15) is 6.29 Å². The molecule has 0 radical (unpaired) electrons. The molecule has 0 aromatic heterocycles. The third-order valence-corrected chi connectivity index (χ3v) is 5.30. The molecule has 0 amide bonds. The molecule has 3 heteroatoms. The Labute approximate surface area is 133 Å². The van der Waals surface area contributed by atoms with Gasteiger partial charge in [-0.1, -0.05) is 49.6 Å². The van der Waals surface area contributed by atoms with Crippen molar-refractivity contribution in [3.05, 3.63) is 34.9 Å². The largest absolute Gasteiger partial charge is 0.303 e. The predicted octanol–water partition coefficient (Wildman–Crippen LogP) is 4.73. The lowest BCUT2D eigenvalue weighted by Gasteiger charge is -2.40. The standard InChI is InChI=1S/C18H26ClNO/c1-14-7-6-10-18(11-14,13-21)12-20(3)15(2)16-8-4-5-9-17(16)19/h4-5,8-9,13-15H,6-7,10-12H2,1-3H3. The van der Waals surface area contributed by atoms with Gasteiger partial charge in [-0.3, -0.25) is 4.90 Å². The highest BCUT2D eigenvalue weighted by Gasteiger charge is 2.36. The van der Waals surface area contributed by atoms with E-state index in [2.05, 4.69) is 31.9 Å². The molecule has 1 aromatic rings. The Kier molecular flexibility index (Phi) is 5.45. The van der Waals surface area contributed by atoms with E-state index in [4.69, 9.17) is 11.6 Å². The van der Waals surface area contributed by atoms with E-state index < -0.39 is 0 Å². The summed E-state index contributed by atoms with van der Waals surface area (Å²) in [5, 5.41) is 0.800. The van der Waals surface area contributed by atoms with Crippen LogP contribution in [0.4, 0.5) is 0 Å². The van der Waals surface area contributed by atoms with E-state index in [0.717, 1.165) is 36.4 Å². The van der Waals surface area contributed by atoms with Crippen molar-refractivity contribution >= 4 is 17.9 Å². The average molecular weight is 308 g/mol. The molecule has 21 heavy (non-hydrogen) atoms. The molecule has 1 aliphatic rings. The zero-order chi connectivity index (χ0) is 15.5. The first-order valence-electron chi connectivity index (χ1n) is 7.88. The number of hydrogen-bond acceptors (Lipinski definition) is 2. The second-order valence-electron chi connectivity index (χ2n) is 6.79. The first-order chi connectivity index (χ1) is 9.97. The molecule has 116 valence electrons. The molecule has 1 aromatic carbocycles. The molecular weight excluding hydrogens is 282 g/mol. The molecule has 0 bridgehead atoms. The van der Waals surface area contributed by atoms with Crippen molar-refractivity contribution in [2.45, 2.75) is 45.6 Å². The lowest BCUT2D eigenvalue weighted by Crippen LogP contribution is -2.41. The molecule has 0 heterocycles. The molecule has 1 aliphatic carbocycles. The minimum absolute atomic E-state index is 0.179. The Morgan fingerprint density at radius 3 is 2.81 bits per heavy atom. The van der Waals surface area contributed by atoms with Crippen LogP contribution in [0.15, 0.2) is 24.3 Å². The fraction of sp³-hybridized carbons (Fsp3) is 0.611. The summed E-state index contributed by atoms with van der Waals surface area (Å²) in [4.78, 5) is 14.0. The highest BCUT2D eigenvalue weighted by Crippen LogP contribution is 2.39. The summed E-state index contributed by atoms with van der Waals surface area (Å²) in [6, 6.07) is 8.19. The van der Waals surface area contributed by atoms with Crippen LogP contribution in [-0.4, -0.2) is 24.8 Å².